The second kappa shape index (κ2) is 6.68. The van der Waals surface area contributed by atoms with Crippen molar-refractivity contribution in [2.24, 2.45) is 0 Å². The Hall–Kier alpha value is -3.29. The zero-order valence-electron chi connectivity index (χ0n) is 14.3. The lowest BCUT2D eigenvalue weighted by atomic mass is 10.2. The molecule has 2 heterocycles. The maximum Gasteiger partial charge on any atom is 0.294 e. The van der Waals surface area contributed by atoms with Crippen molar-refractivity contribution >= 4 is 11.9 Å². The number of rotatable bonds is 5. The third kappa shape index (κ3) is 3.32. The van der Waals surface area contributed by atoms with Gasteiger partial charge in [0.15, 0.2) is 11.6 Å². The Balaban J connectivity index is 1.83. The molecule has 2 N–H and O–H groups in total. The Morgan fingerprint density at radius 2 is 2.00 bits per heavy atom. The van der Waals surface area contributed by atoms with Gasteiger partial charge in [0, 0.05) is 11.6 Å². The number of hydrogen-bond donors (Lipinski definition) is 2. The van der Waals surface area contributed by atoms with E-state index in [1.165, 1.54) is 0 Å². The number of nitrogens with zero attached hydrogens (tertiary/aromatic N) is 2. The topological polar surface area (TPSA) is 102 Å². The summed E-state index contributed by atoms with van der Waals surface area (Å²) in [7, 11) is 3.13. The Kier molecular flexibility index (Phi) is 4.42. The summed E-state index contributed by atoms with van der Waals surface area (Å²) in [5, 5.41) is 9.41. The molecule has 8 nitrogen and oxygen atoms in total. The van der Waals surface area contributed by atoms with Crippen LogP contribution in [-0.4, -0.2) is 35.3 Å². The number of carbonyl (C=O) groups is 1. The van der Waals surface area contributed by atoms with E-state index in [9.17, 15) is 4.79 Å². The van der Waals surface area contributed by atoms with Crippen molar-refractivity contribution in [2.75, 3.05) is 19.5 Å². The van der Waals surface area contributed by atoms with Crippen molar-refractivity contribution < 1.29 is 18.7 Å². The molecule has 3 rings (SSSR count). The molecule has 1 aromatic carbocycles. The molecule has 0 atom stereocenters. The van der Waals surface area contributed by atoms with E-state index in [-0.39, 0.29) is 11.7 Å². The van der Waals surface area contributed by atoms with Crippen LogP contribution < -0.4 is 14.8 Å². The third-order valence-electron chi connectivity index (χ3n) is 3.62. The van der Waals surface area contributed by atoms with Gasteiger partial charge in [0.25, 0.3) is 5.91 Å². The number of furan rings is 1. The van der Waals surface area contributed by atoms with Gasteiger partial charge in [0.05, 0.1) is 19.8 Å². The SMILES string of the molecule is COc1ccc(-c2nc(NC(=O)c3oc(C)cc3C)n[nH]2)c(OC)c1. The number of aromatic amines is 1. The number of benzene rings is 1. The fraction of sp³-hybridized carbons (Fsp3) is 0.235. The van der Waals surface area contributed by atoms with Crippen molar-refractivity contribution in [3.8, 4) is 22.9 Å². The summed E-state index contributed by atoms with van der Waals surface area (Å²) in [5.74, 6) is 2.35. The maximum atomic E-state index is 12.3. The summed E-state index contributed by atoms with van der Waals surface area (Å²) >= 11 is 0. The fourth-order valence-corrected chi connectivity index (χ4v) is 2.46. The van der Waals surface area contributed by atoms with Crippen molar-refractivity contribution in [1.82, 2.24) is 15.2 Å². The number of H-pyrrole nitrogens is 1. The number of nitrogens with one attached hydrogen (secondary N) is 2. The molecule has 0 radical (unpaired) electrons. The lowest BCUT2D eigenvalue weighted by Gasteiger charge is -2.07. The highest BCUT2D eigenvalue weighted by molar-refractivity contribution is 6.02. The van der Waals surface area contributed by atoms with Crippen molar-refractivity contribution in [1.29, 1.82) is 0 Å². The van der Waals surface area contributed by atoms with Gasteiger partial charge >= 0.3 is 0 Å². The van der Waals surface area contributed by atoms with E-state index in [0.717, 1.165) is 5.56 Å². The van der Waals surface area contributed by atoms with Gasteiger partial charge in [-0.15, -0.1) is 5.10 Å². The second-order valence-electron chi connectivity index (χ2n) is 5.40. The molecular weight excluding hydrogens is 324 g/mol. The van der Waals surface area contributed by atoms with Crippen molar-refractivity contribution in [2.45, 2.75) is 13.8 Å². The lowest BCUT2D eigenvalue weighted by molar-refractivity contribution is 0.0994. The van der Waals surface area contributed by atoms with Crippen molar-refractivity contribution in [3.05, 3.63) is 41.3 Å². The highest BCUT2D eigenvalue weighted by Gasteiger charge is 2.18. The van der Waals surface area contributed by atoms with E-state index >= 15 is 0 Å². The van der Waals surface area contributed by atoms with E-state index in [4.69, 9.17) is 13.9 Å². The average molecular weight is 342 g/mol. The number of hydrogen-bond acceptors (Lipinski definition) is 6. The van der Waals surface area contributed by atoms with Gasteiger partial charge in [0.1, 0.15) is 17.3 Å². The minimum atomic E-state index is -0.405. The number of carbonyl (C=O) groups excluding carboxylic acids is 1. The smallest absolute Gasteiger partial charge is 0.294 e. The van der Waals surface area contributed by atoms with Crippen LogP contribution in [0.25, 0.3) is 11.4 Å². The van der Waals surface area contributed by atoms with Crippen LogP contribution in [0.1, 0.15) is 21.9 Å². The molecular formula is C17H18N4O4. The summed E-state index contributed by atoms with van der Waals surface area (Å²) < 4.78 is 15.9. The number of ether oxygens (including phenoxy) is 2. The zero-order valence-corrected chi connectivity index (χ0v) is 14.3. The standard InChI is InChI=1S/C17H18N4O4/c1-9-7-10(2)25-14(9)16(22)19-17-18-15(20-21-17)12-6-5-11(23-3)8-13(12)24-4/h5-8H,1-4H3,(H2,18,19,20,21,22). The number of amides is 1. The Morgan fingerprint density at radius 1 is 1.20 bits per heavy atom. The zero-order chi connectivity index (χ0) is 18.0. The van der Waals surface area contributed by atoms with Gasteiger partial charge in [-0.25, -0.2) is 0 Å². The van der Waals surface area contributed by atoms with Crippen LogP contribution in [0, 0.1) is 13.8 Å². The minimum Gasteiger partial charge on any atom is -0.497 e. The number of aromatic nitrogens is 3. The van der Waals surface area contributed by atoms with Crippen LogP contribution in [0.2, 0.25) is 0 Å². The van der Waals surface area contributed by atoms with Crippen LogP contribution in [-0.2, 0) is 0 Å². The molecule has 130 valence electrons. The van der Waals surface area contributed by atoms with Gasteiger partial charge in [-0.2, -0.15) is 4.98 Å². The first-order chi connectivity index (χ1) is 12.0. The quantitative estimate of drug-likeness (QED) is 0.739. The van der Waals surface area contributed by atoms with Gasteiger partial charge in [-0.1, -0.05) is 0 Å². The molecule has 8 heteroatoms. The average Bonchev–Trinajstić information content (AvgIpc) is 3.20. The minimum absolute atomic E-state index is 0.145. The molecule has 1 amide bonds. The van der Waals surface area contributed by atoms with Gasteiger partial charge in [-0.05, 0) is 32.0 Å². The molecule has 2 aromatic heterocycles. The largest absolute Gasteiger partial charge is 0.497 e. The van der Waals surface area contributed by atoms with Crippen LogP contribution in [0.15, 0.2) is 28.7 Å². The monoisotopic (exact) mass is 342 g/mol. The fourth-order valence-electron chi connectivity index (χ4n) is 2.46. The first-order valence-electron chi connectivity index (χ1n) is 7.55. The summed E-state index contributed by atoms with van der Waals surface area (Å²) in [6.45, 7) is 3.58. The predicted molar refractivity (Wildman–Crippen MR) is 91.1 cm³/mol. The molecule has 3 aromatic rings. The molecule has 0 unspecified atom stereocenters. The molecule has 0 aliphatic carbocycles. The number of anilines is 1. The van der Waals surface area contributed by atoms with Gasteiger partial charge in [0.2, 0.25) is 5.95 Å². The molecule has 25 heavy (non-hydrogen) atoms. The van der Waals surface area contributed by atoms with Crippen molar-refractivity contribution in [3.63, 3.8) is 0 Å². The van der Waals surface area contributed by atoms with Crippen LogP contribution in [0.4, 0.5) is 5.95 Å². The lowest BCUT2D eigenvalue weighted by Crippen LogP contribution is -2.13. The Labute approximate surface area is 144 Å². The molecule has 0 saturated heterocycles. The molecule has 0 saturated carbocycles. The first kappa shape index (κ1) is 16.6. The van der Waals surface area contributed by atoms with E-state index in [1.54, 1.807) is 52.3 Å². The summed E-state index contributed by atoms with van der Waals surface area (Å²) in [6, 6.07) is 7.11. The second-order valence-corrected chi connectivity index (χ2v) is 5.40. The van der Waals surface area contributed by atoms with Crippen LogP contribution in [0.3, 0.4) is 0 Å². The summed E-state index contributed by atoms with van der Waals surface area (Å²) in [6.07, 6.45) is 0. The maximum absolute atomic E-state index is 12.3. The number of aryl methyl sites for hydroxylation is 2. The van der Waals surface area contributed by atoms with E-state index in [1.807, 2.05) is 0 Å². The Bertz CT molecular complexity index is 913. The van der Waals surface area contributed by atoms with E-state index in [2.05, 4.69) is 20.5 Å². The molecule has 0 spiro atoms. The first-order valence-corrected chi connectivity index (χ1v) is 7.55. The molecule has 0 bridgehead atoms. The highest BCUT2D eigenvalue weighted by Crippen LogP contribution is 2.31. The van der Waals surface area contributed by atoms with E-state index in [0.29, 0.717) is 28.6 Å². The highest BCUT2D eigenvalue weighted by atomic mass is 16.5. The van der Waals surface area contributed by atoms with E-state index < -0.39 is 5.91 Å². The molecule has 0 aliphatic heterocycles. The normalized spacial score (nSPS) is 10.6. The van der Waals surface area contributed by atoms with Gasteiger partial charge < -0.3 is 13.9 Å². The molecule has 0 aliphatic rings. The van der Waals surface area contributed by atoms with Gasteiger partial charge in [-0.3, -0.25) is 15.2 Å². The third-order valence-corrected chi connectivity index (χ3v) is 3.62. The summed E-state index contributed by atoms with van der Waals surface area (Å²) in [4.78, 5) is 16.5. The summed E-state index contributed by atoms with van der Waals surface area (Å²) in [5.41, 5.74) is 1.45. The Morgan fingerprint density at radius 3 is 2.64 bits per heavy atom. The van der Waals surface area contributed by atoms with Crippen LogP contribution in [0.5, 0.6) is 11.5 Å². The number of methoxy groups -OCH3 is 2. The van der Waals surface area contributed by atoms with Crippen LogP contribution >= 0.6 is 0 Å². The predicted octanol–water partition coefficient (Wildman–Crippen LogP) is 2.95. The molecule has 0 fully saturated rings.